The Balaban J connectivity index is 2.01. The van der Waals surface area contributed by atoms with Crippen molar-refractivity contribution in [3.63, 3.8) is 0 Å². The molecule has 0 radical (unpaired) electrons. The Morgan fingerprint density at radius 3 is 3.18 bits per heavy atom. The molecule has 5 nitrogen and oxygen atoms in total. The average molecular weight is 328 g/mol. The Morgan fingerprint density at radius 2 is 2.45 bits per heavy atom. The van der Waals surface area contributed by atoms with Crippen molar-refractivity contribution in [1.29, 1.82) is 0 Å². The second-order valence-corrected chi connectivity index (χ2v) is 5.56. The van der Waals surface area contributed by atoms with E-state index in [1.54, 1.807) is 25.1 Å². The minimum absolute atomic E-state index is 0.0332. The highest BCUT2D eigenvalue weighted by atomic mass is 35.5. The Labute approximate surface area is 133 Å². The molecule has 1 aromatic carbocycles. The first kappa shape index (κ1) is 16.9. The van der Waals surface area contributed by atoms with Gasteiger partial charge in [-0.25, -0.2) is 4.39 Å². The van der Waals surface area contributed by atoms with E-state index < -0.39 is 17.6 Å². The van der Waals surface area contributed by atoms with Gasteiger partial charge in [0.05, 0.1) is 11.6 Å². The highest BCUT2D eigenvalue weighted by Crippen LogP contribution is 2.19. The smallest absolute Gasteiger partial charge is 0.244 e. The van der Waals surface area contributed by atoms with Crippen LogP contribution in [0.3, 0.4) is 0 Å². The number of carbonyl (C=O) groups is 1. The number of hydrogen-bond acceptors (Lipinski definition) is 4. The first-order chi connectivity index (χ1) is 10.5. The van der Waals surface area contributed by atoms with Crippen LogP contribution in [0.5, 0.6) is 0 Å². The maximum Gasteiger partial charge on any atom is 0.244 e. The van der Waals surface area contributed by atoms with Gasteiger partial charge in [-0.15, -0.1) is 6.58 Å². The molecule has 1 aliphatic heterocycles. The molecule has 7 heteroatoms. The van der Waals surface area contributed by atoms with Crippen LogP contribution in [0.15, 0.2) is 30.9 Å². The minimum atomic E-state index is -0.946. The summed E-state index contributed by atoms with van der Waals surface area (Å²) in [5.41, 5.74) is -0.614. The molecule has 0 saturated carbocycles. The van der Waals surface area contributed by atoms with E-state index in [2.05, 4.69) is 22.5 Å². The van der Waals surface area contributed by atoms with Crippen molar-refractivity contribution in [3.05, 3.63) is 47.3 Å². The van der Waals surface area contributed by atoms with Gasteiger partial charge in [-0.05, 0) is 13.0 Å². The van der Waals surface area contributed by atoms with Crippen LogP contribution >= 0.6 is 11.6 Å². The molecule has 2 atom stereocenters. The highest BCUT2D eigenvalue weighted by molar-refractivity contribution is 6.30. The van der Waals surface area contributed by atoms with Crippen molar-refractivity contribution >= 4 is 17.5 Å². The van der Waals surface area contributed by atoms with Gasteiger partial charge in [0, 0.05) is 18.8 Å². The van der Waals surface area contributed by atoms with E-state index in [9.17, 15) is 9.18 Å². The molecular weight excluding hydrogens is 309 g/mol. The van der Waals surface area contributed by atoms with E-state index in [0.29, 0.717) is 18.8 Å². The van der Waals surface area contributed by atoms with Crippen molar-refractivity contribution in [2.45, 2.75) is 25.2 Å². The molecule has 3 N–H and O–H groups in total. The molecule has 22 heavy (non-hydrogen) atoms. The number of amides is 1. The predicted molar refractivity (Wildman–Crippen MR) is 82.7 cm³/mol. The molecule has 1 fully saturated rings. The van der Waals surface area contributed by atoms with Crippen LogP contribution in [0.2, 0.25) is 5.02 Å². The summed E-state index contributed by atoms with van der Waals surface area (Å²) in [5.74, 6) is -0.808. The summed E-state index contributed by atoms with van der Waals surface area (Å²) in [6.45, 7) is 6.13. The third kappa shape index (κ3) is 3.47. The average Bonchev–Trinajstić information content (AvgIpc) is 2.88. The summed E-state index contributed by atoms with van der Waals surface area (Å²) >= 11 is 5.72. The first-order valence-corrected chi connectivity index (χ1v) is 7.29. The van der Waals surface area contributed by atoms with E-state index in [4.69, 9.17) is 16.3 Å². The molecule has 0 aromatic heterocycles. The molecular formula is C15H19ClFN3O2. The van der Waals surface area contributed by atoms with Gasteiger partial charge in [-0.2, -0.15) is 0 Å². The Bertz CT molecular complexity index is 570. The Morgan fingerprint density at radius 1 is 1.68 bits per heavy atom. The summed E-state index contributed by atoms with van der Waals surface area (Å²) in [6, 6.07) is 4.68. The fourth-order valence-corrected chi connectivity index (χ4v) is 2.45. The predicted octanol–water partition coefficient (Wildman–Crippen LogP) is 1.53. The molecule has 1 saturated heterocycles. The summed E-state index contributed by atoms with van der Waals surface area (Å²) in [5, 5.41) is 8.84. The van der Waals surface area contributed by atoms with Crippen molar-refractivity contribution in [2.75, 3.05) is 13.3 Å². The molecule has 1 amide bonds. The van der Waals surface area contributed by atoms with Crippen molar-refractivity contribution in [1.82, 2.24) is 16.0 Å². The number of ether oxygens (including phenoxy) is 1. The van der Waals surface area contributed by atoms with Crippen LogP contribution in [-0.2, 0) is 16.1 Å². The third-order valence-electron chi connectivity index (χ3n) is 3.59. The lowest BCUT2D eigenvalue weighted by Crippen LogP contribution is -2.58. The number of hydrogen-bond donors (Lipinski definition) is 3. The number of halogens is 2. The maximum atomic E-state index is 13.8. The van der Waals surface area contributed by atoms with Gasteiger partial charge in [-0.1, -0.05) is 29.8 Å². The van der Waals surface area contributed by atoms with E-state index >= 15 is 0 Å². The summed E-state index contributed by atoms with van der Waals surface area (Å²) in [4.78, 5) is 12.4. The zero-order chi connectivity index (χ0) is 16.2. The van der Waals surface area contributed by atoms with Gasteiger partial charge in [-0.3, -0.25) is 15.4 Å². The molecule has 1 aromatic rings. The fraction of sp³-hybridized carbons (Fsp3) is 0.400. The molecule has 0 spiro atoms. The van der Waals surface area contributed by atoms with Gasteiger partial charge < -0.3 is 10.1 Å². The molecule has 1 unspecified atom stereocenters. The van der Waals surface area contributed by atoms with Crippen molar-refractivity contribution < 1.29 is 13.9 Å². The summed E-state index contributed by atoms with van der Waals surface area (Å²) in [6.07, 6.45) is 1.12. The minimum Gasteiger partial charge on any atom is -0.357 e. The van der Waals surface area contributed by atoms with Crippen LogP contribution in [-0.4, -0.2) is 30.9 Å². The second-order valence-electron chi connectivity index (χ2n) is 5.16. The molecule has 1 heterocycles. The van der Waals surface area contributed by atoms with Gasteiger partial charge in [0.1, 0.15) is 17.6 Å². The topological polar surface area (TPSA) is 62.4 Å². The van der Waals surface area contributed by atoms with E-state index in [0.717, 1.165) is 0 Å². The number of benzene rings is 1. The Hall–Kier alpha value is -1.47. The maximum absolute atomic E-state index is 13.8. The standard InChI is InChI=1S/C15H19ClFN3O2/c1-3-7-22-14-15(2,20-9-19-14)13(21)18-8-10-5-4-6-11(16)12(10)17/h3-6,14,19-20H,1,7-9H2,2H3,(H,18,21)/t14-,15?/m0/s1. The van der Waals surface area contributed by atoms with Crippen molar-refractivity contribution in [2.24, 2.45) is 0 Å². The summed E-state index contributed by atoms with van der Waals surface area (Å²) in [7, 11) is 0. The van der Waals surface area contributed by atoms with Crippen LogP contribution in [0.25, 0.3) is 0 Å². The second kappa shape index (κ2) is 7.19. The third-order valence-corrected chi connectivity index (χ3v) is 3.88. The van der Waals surface area contributed by atoms with Gasteiger partial charge >= 0.3 is 0 Å². The van der Waals surface area contributed by atoms with E-state index in [1.165, 1.54) is 6.07 Å². The number of rotatable bonds is 6. The largest absolute Gasteiger partial charge is 0.357 e. The lowest BCUT2D eigenvalue weighted by molar-refractivity contribution is -0.132. The van der Waals surface area contributed by atoms with Gasteiger partial charge in [0.25, 0.3) is 0 Å². The molecule has 0 bridgehead atoms. The quantitative estimate of drug-likeness (QED) is 0.694. The lowest BCUT2D eigenvalue weighted by Gasteiger charge is -2.29. The first-order valence-electron chi connectivity index (χ1n) is 6.91. The lowest BCUT2D eigenvalue weighted by atomic mass is 10.0. The summed E-state index contributed by atoms with van der Waals surface area (Å²) < 4.78 is 19.4. The zero-order valence-corrected chi connectivity index (χ0v) is 13.0. The Kier molecular flexibility index (Phi) is 5.52. The molecule has 2 rings (SSSR count). The van der Waals surface area contributed by atoms with Crippen molar-refractivity contribution in [3.8, 4) is 0 Å². The van der Waals surface area contributed by atoms with E-state index in [1.807, 2.05) is 0 Å². The molecule has 1 aliphatic rings. The van der Waals surface area contributed by atoms with E-state index in [-0.39, 0.29) is 17.5 Å². The molecule has 120 valence electrons. The molecule has 0 aliphatic carbocycles. The monoisotopic (exact) mass is 327 g/mol. The van der Waals surface area contributed by atoms with Crippen LogP contribution in [0.4, 0.5) is 4.39 Å². The van der Waals surface area contributed by atoms with Crippen LogP contribution < -0.4 is 16.0 Å². The highest BCUT2D eigenvalue weighted by Gasteiger charge is 2.45. The fourth-order valence-electron chi connectivity index (χ4n) is 2.26. The van der Waals surface area contributed by atoms with Crippen LogP contribution in [0, 0.1) is 5.82 Å². The SMILES string of the molecule is C=CCO[C@@H]1NCNC1(C)C(=O)NCc1cccc(Cl)c1F. The van der Waals surface area contributed by atoms with Gasteiger partial charge in [0.2, 0.25) is 5.91 Å². The number of nitrogens with one attached hydrogen (secondary N) is 3. The zero-order valence-electron chi connectivity index (χ0n) is 12.3. The normalized spacial score (nSPS) is 24.2. The number of carbonyl (C=O) groups excluding carboxylic acids is 1. The van der Waals surface area contributed by atoms with Crippen LogP contribution in [0.1, 0.15) is 12.5 Å². The van der Waals surface area contributed by atoms with Gasteiger partial charge in [0.15, 0.2) is 0 Å².